The Balaban J connectivity index is 2.21. The van der Waals surface area contributed by atoms with E-state index in [9.17, 15) is 32.7 Å². The van der Waals surface area contributed by atoms with Crippen LogP contribution in [0.3, 0.4) is 0 Å². The van der Waals surface area contributed by atoms with Gasteiger partial charge in [0.05, 0.1) is 12.7 Å². The SMILES string of the molecule is COC(=O)CCC=C=CC[C@@H]1[C@@H](C=CC(C)(O)COc2cccc(C(F)(F)F)c2)[C@H](OC(C)=O)C[C@@H]1OC(C)=O. The minimum atomic E-state index is -4.53. The Kier molecular flexibility index (Phi) is 12.0. The van der Waals surface area contributed by atoms with Crippen LogP contribution in [0.15, 0.2) is 54.3 Å². The minimum Gasteiger partial charge on any atom is -0.490 e. The first-order valence-corrected chi connectivity index (χ1v) is 12.7. The van der Waals surface area contributed by atoms with Gasteiger partial charge in [-0.25, -0.2) is 0 Å². The Bertz CT molecular complexity index is 1120. The molecule has 0 saturated heterocycles. The van der Waals surface area contributed by atoms with Crippen LogP contribution in [0.2, 0.25) is 0 Å². The standard InChI is InChI=1S/C29H35F3O8/c1-19(33)39-25-17-26(40-20(2)34)24(23(25)12-7-5-6-8-13-27(35)37-4)14-15-28(3,36)18-38-22-11-9-10-21(16-22)29(30,31)32/h6-7,9-11,14-16,23-26,36H,8,12-13,17-18H2,1-4H3/t5?,23-,24-,25+,26-,28?/m1/s1. The molecule has 1 unspecified atom stereocenters. The lowest BCUT2D eigenvalue weighted by Crippen LogP contribution is -2.31. The van der Waals surface area contributed by atoms with Crippen molar-refractivity contribution in [3.8, 4) is 5.75 Å². The summed E-state index contributed by atoms with van der Waals surface area (Å²) in [6.07, 6.45) is 1.95. The normalized spacial score (nSPS) is 22.1. The number of alkyl halides is 3. The molecule has 0 heterocycles. The smallest absolute Gasteiger partial charge is 0.416 e. The zero-order chi connectivity index (χ0) is 29.9. The van der Waals surface area contributed by atoms with Crippen molar-refractivity contribution in [1.29, 1.82) is 0 Å². The van der Waals surface area contributed by atoms with E-state index in [0.717, 1.165) is 12.1 Å². The van der Waals surface area contributed by atoms with Gasteiger partial charge in [-0.3, -0.25) is 14.4 Å². The summed E-state index contributed by atoms with van der Waals surface area (Å²) < 4.78 is 60.0. The van der Waals surface area contributed by atoms with Crippen LogP contribution in [0.25, 0.3) is 0 Å². The van der Waals surface area contributed by atoms with E-state index >= 15 is 0 Å². The van der Waals surface area contributed by atoms with Gasteiger partial charge in [0.25, 0.3) is 0 Å². The highest BCUT2D eigenvalue weighted by molar-refractivity contribution is 5.69. The molecule has 0 aliphatic heterocycles. The van der Waals surface area contributed by atoms with Gasteiger partial charge in [0.2, 0.25) is 0 Å². The lowest BCUT2D eigenvalue weighted by Gasteiger charge is -2.25. The third-order valence-corrected chi connectivity index (χ3v) is 6.22. The van der Waals surface area contributed by atoms with Gasteiger partial charge in [-0.2, -0.15) is 13.2 Å². The number of hydrogen-bond donors (Lipinski definition) is 1. The van der Waals surface area contributed by atoms with Gasteiger partial charge in [-0.1, -0.05) is 18.2 Å². The molecule has 0 spiro atoms. The number of halogens is 3. The highest BCUT2D eigenvalue weighted by Crippen LogP contribution is 2.40. The van der Waals surface area contributed by atoms with Crippen molar-refractivity contribution in [2.45, 2.75) is 70.4 Å². The average Bonchev–Trinajstić information content (AvgIpc) is 3.17. The maximum Gasteiger partial charge on any atom is 0.416 e. The van der Waals surface area contributed by atoms with Gasteiger partial charge in [-0.05, 0) is 50.1 Å². The molecule has 1 fully saturated rings. The summed E-state index contributed by atoms with van der Waals surface area (Å²) in [5.74, 6) is -2.24. The minimum absolute atomic E-state index is 0.0564. The van der Waals surface area contributed by atoms with E-state index in [2.05, 4.69) is 10.5 Å². The van der Waals surface area contributed by atoms with E-state index in [0.29, 0.717) is 12.8 Å². The highest BCUT2D eigenvalue weighted by atomic mass is 19.4. The average molecular weight is 569 g/mol. The van der Waals surface area contributed by atoms with E-state index in [1.807, 2.05) is 0 Å². The fourth-order valence-corrected chi connectivity index (χ4v) is 4.37. The summed E-state index contributed by atoms with van der Waals surface area (Å²) in [5, 5.41) is 10.9. The molecule has 0 radical (unpaired) electrons. The first kappa shape index (κ1) is 32.7. The molecule has 0 amide bonds. The molecule has 2 rings (SSSR count). The second-order valence-electron chi connectivity index (χ2n) is 9.73. The van der Waals surface area contributed by atoms with Crippen molar-refractivity contribution < 1.29 is 51.6 Å². The van der Waals surface area contributed by atoms with Crippen LogP contribution in [0.5, 0.6) is 5.75 Å². The molecule has 0 aromatic heterocycles. The van der Waals surface area contributed by atoms with Crippen molar-refractivity contribution in [3.05, 3.63) is 59.9 Å². The molecule has 1 N–H and O–H groups in total. The Morgan fingerprint density at radius 2 is 1.77 bits per heavy atom. The predicted molar refractivity (Wildman–Crippen MR) is 138 cm³/mol. The van der Waals surface area contributed by atoms with Crippen LogP contribution in [-0.2, 0) is 34.8 Å². The number of hydrogen-bond acceptors (Lipinski definition) is 8. The van der Waals surface area contributed by atoms with Gasteiger partial charge in [0.15, 0.2) is 0 Å². The molecular weight excluding hydrogens is 533 g/mol. The summed E-state index contributed by atoms with van der Waals surface area (Å²) in [7, 11) is 1.30. The van der Waals surface area contributed by atoms with Crippen molar-refractivity contribution in [2.75, 3.05) is 13.7 Å². The number of methoxy groups -OCH3 is 1. The van der Waals surface area contributed by atoms with Crippen LogP contribution in [0.1, 0.15) is 52.0 Å². The van der Waals surface area contributed by atoms with Crippen LogP contribution in [0.4, 0.5) is 13.2 Å². The molecule has 40 heavy (non-hydrogen) atoms. The second-order valence-corrected chi connectivity index (χ2v) is 9.73. The molecule has 1 saturated carbocycles. The summed E-state index contributed by atoms with van der Waals surface area (Å²) in [5.41, 5.74) is 0.521. The van der Waals surface area contributed by atoms with Crippen molar-refractivity contribution in [2.24, 2.45) is 11.8 Å². The van der Waals surface area contributed by atoms with Gasteiger partial charge >= 0.3 is 24.1 Å². The number of rotatable bonds is 12. The third kappa shape index (κ3) is 10.9. The number of ether oxygens (including phenoxy) is 4. The molecule has 5 atom stereocenters. The van der Waals surface area contributed by atoms with E-state index < -0.39 is 47.4 Å². The Hall–Kier alpha value is -3.56. The number of esters is 3. The Labute approximate surface area is 231 Å². The molecule has 0 bridgehead atoms. The van der Waals surface area contributed by atoms with E-state index in [-0.39, 0.29) is 37.1 Å². The topological polar surface area (TPSA) is 108 Å². The highest BCUT2D eigenvalue weighted by Gasteiger charge is 2.45. The Morgan fingerprint density at radius 3 is 2.40 bits per heavy atom. The summed E-state index contributed by atoms with van der Waals surface area (Å²) in [6, 6.07) is 4.33. The fraction of sp³-hybridized carbons (Fsp3) is 0.517. The van der Waals surface area contributed by atoms with Crippen molar-refractivity contribution in [1.82, 2.24) is 0 Å². The van der Waals surface area contributed by atoms with Crippen LogP contribution in [-0.4, -0.2) is 54.5 Å². The molecule has 11 heteroatoms. The first-order valence-electron chi connectivity index (χ1n) is 12.7. The van der Waals surface area contributed by atoms with Gasteiger partial charge in [0, 0.05) is 38.5 Å². The zero-order valence-corrected chi connectivity index (χ0v) is 22.9. The van der Waals surface area contributed by atoms with Crippen LogP contribution in [0, 0.1) is 11.8 Å². The van der Waals surface area contributed by atoms with E-state index in [1.165, 1.54) is 46.1 Å². The number of aliphatic hydroxyl groups is 1. The van der Waals surface area contributed by atoms with E-state index in [4.69, 9.17) is 14.2 Å². The number of allylic oxidation sites excluding steroid dienone is 1. The lowest BCUT2D eigenvalue weighted by atomic mass is 9.88. The first-order chi connectivity index (χ1) is 18.7. The zero-order valence-electron chi connectivity index (χ0n) is 22.9. The largest absolute Gasteiger partial charge is 0.490 e. The van der Waals surface area contributed by atoms with Gasteiger partial charge in [-0.15, -0.1) is 5.73 Å². The molecule has 1 aromatic carbocycles. The van der Waals surface area contributed by atoms with E-state index in [1.54, 1.807) is 18.2 Å². The molecular formula is C29H35F3O8. The summed E-state index contributed by atoms with van der Waals surface area (Å²) >= 11 is 0. The lowest BCUT2D eigenvalue weighted by molar-refractivity contribution is -0.149. The summed E-state index contributed by atoms with van der Waals surface area (Å²) in [6.45, 7) is 3.61. The molecule has 8 nitrogen and oxygen atoms in total. The second kappa shape index (κ2) is 14.7. The quantitative estimate of drug-likeness (QED) is 0.163. The summed E-state index contributed by atoms with van der Waals surface area (Å²) in [4.78, 5) is 34.8. The van der Waals surface area contributed by atoms with Crippen molar-refractivity contribution >= 4 is 17.9 Å². The molecule has 1 aliphatic carbocycles. The number of benzene rings is 1. The maximum absolute atomic E-state index is 13.0. The maximum atomic E-state index is 13.0. The fourth-order valence-electron chi connectivity index (χ4n) is 4.37. The number of carbonyl (C=O) groups excluding carboxylic acids is 3. The molecule has 1 aliphatic rings. The molecule has 220 valence electrons. The predicted octanol–water partition coefficient (Wildman–Crippen LogP) is 4.95. The third-order valence-electron chi connectivity index (χ3n) is 6.22. The van der Waals surface area contributed by atoms with Crippen LogP contribution >= 0.6 is 0 Å². The van der Waals surface area contributed by atoms with Crippen molar-refractivity contribution in [3.63, 3.8) is 0 Å². The Morgan fingerprint density at radius 1 is 1.10 bits per heavy atom. The number of carbonyl (C=O) groups is 3. The van der Waals surface area contributed by atoms with Gasteiger partial charge < -0.3 is 24.1 Å². The van der Waals surface area contributed by atoms with Gasteiger partial charge in [0.1, 0.15) is 30.2 Å². The molecule has 1 aromatic rings. The van der Waals surface area contributed by atoms with Crippen LogP contribution < -0.4 is 4.74 Å². The monoisotopic (exact) mass is 568 g/mol.